The molecule has 7 heteroatoms. The van der Waals surface area contributed by atoms with Crippen molar-refractivity contribution in [2.24, 2.45) is 0 Å². The third-order valence-electron chi connectivity index (χ3n) is 2.26. The van der Waals surface area contributed by atoms with Crippen LogP contribution in [-0.2, 0) is 28.5 Å². The van der Waals surface area contributed by atoms with Crippen LogP contribution in [0.25, 0.3) is 0 Å². The van der Waals surface area contributed by atoms with Gasteiger partial charge in [-0.1, -0.05) is 0 Å². The van der Waals surface area contributed by atoms with E-state index in [4.69, 9.17) is 28.8 Å². The molecule has 0 aromatic rings. The van der Waals surface area contributed by atoms with Gasteiger partial charge in [0.2, 0.25) is 0 Å². The molecule has 0 heterocycles. The lowest BCUT2D eigenvalue weighted by atomic mass is 10.5. The summed E-state index contributed by atoms with van der Waals surface area (Å²) in [7, 11) is 0. The number of carbonyl (C=O) groups is 1. The highest BCUT2D eigenvalue weighted by Crippen LogP contribution is 1.88. The van der Waals surface area contributed by atoms with Crippen LogP contribution in [0.15, 0.2) is 0 Å². The summed E-state index contributed by atoms with van der Waals surface area (Å²) in [5, 5.41) is 8.38. The second kappa shape index (κ2) is 15.7. The quantitative estimate of drug-likeness (QED) is 0.425. The van der Waals surface area contributed by atoms with Crippen molar-refractivity contribution < 1.29 is 33.6 Å². The molecule has 0 bridgehead atoms. The van der Waals surface area contributed by atoms with Crippen molar-refractivity contribution in [3.8, 4) is 0 Å². The van der Waals surface area contributed by atoms with Gasteiger partial charge in [0.1, 0.15) is 0 Å². The van der Waals surface area contributed by atoms with Gasteiger partial charge >= 0.3 is 5.97 Å². The lowest BCUT2D eigenvalue weighted by Crippen LogP contribution is -2.14. The van der Waals surface area contributed by atoms with Gasteiger partial charge in [0.15, 0.2) is 0 Å². The third kappa shape index (κ3) is 19.3. The van der Waals surface area contributed by atoms with E-state index in [0.29, 0.717) is 52.9 Å². The molecule has 0 aliphatic carbocycles. The molecule has 0 aliphatic heterocycles. The molecule has 0 amide bonds. The molecular weight excluding hydrogens is 280 g/mol. The SMILES string of the molecule is CC(C)OCCOCCOCCOCCOCCC(=O)O. The Bertz CT molecular complexity index is 233. The van der Waals surface area contributed by atoms with Gasteiger partial charge in [0, 0.05) is 0 Å². The molecule has 0 aliphatic rings. The summed E-state index contributed by atoms with van der Waals surface area (Å²) < 4.78 is 26.3. The minimum absolute atomic E-state index is 0.0192. The number of hydrogen-bond donors (Lipinski definition) is 1. The van der Waals surface area contributed by atoms with Crippen LogP contribution in [0, 0.1) is 0 Å². The topological polar surface area (TPSA) is 83.5 Å². The van der Waals surface area contributed by atoms with Crippen LogP contribution in [0.2, 0.25) is 0 Å². The lowest BCUT2D eigenvalue weighted by Gasteiger charge is -2.09. The van der Waals surface area contributed by atoms with Crippen molar-refractivity contribution >= 4 is 5.97 Å². The zero-order valence-electron chi connectivity index (χ0n) is 13.0. The van der Waals surface area contributed by atoms with Gasteiger partial charge < -0.3 is 28.8 Å². The molecule has 0 saturated heterocycles. The summed E-state index contributed by atoms with van der Waals surface area (Å²) in [6.45, 7) is 8.25. The first-order valence-corrected chi connectivity index (χ1v) is 7.27. The number of hydrogen-bond acceptors (Lipinski definition) is 6. The zero-order valence-corrected chi connectivity index (χ0v) is 13.0. The monoisotopic (exact) mass is 308 g/mol. The molecule has 0 atom stereocenters. The Kier molecular flexibility index (Phi) is 15.1. The van der Waals surface area contributed by atoms with E-state index >= 15 is 0 Å². The molecule has 0 spiro atoms. The molecule has 0 radical (unpaired) electrons. The van der Waals surface area contributed by atoms with Crippen molar-refractivity contribution in [1.82, 2.24) is 0 Å². The maximum Gasteiger partial charge on any atom is 0.305 e. The first-order chi connectivity index (χ1) is 10.1. The number of ether oxygens (including phenoxy) is 5. The molecule has 0 saturated carbocycles. The Morgan fingerprint density at radius 2 is 1.14 bits per heavy atom. The standard InChI is InChI=1S/C14H28O7/c1-13(2)21-12-11-20-10-9-19-8-7-18-6-5-17-4-3-14(15)16/h13H,3-12H2,1-2H3,(H,15,16). The van der Waals surface area contributed by atoms with Crippen LogP contribution in [0.1, 0.15) is 20.3 Å². The molecule has 0 fully saturated rings. The lowest BCUT2D eigenvalue weighted by molar-refractivity contribution is -0.138. The van der Waals surface area contributed by atoms with Crippen molar-refractivity contribution in [2.75, 3.05) is 59.5 Å². The molecule has 0 aromatic carbocycles. The normalized spacial score (nSPS) is 11.2. The average Bonchev–Trinajstić information content (AvgIpc) is 2.42. The molecule has 21 heavy (non-hydrogen) atoms. The van der Waals surface area contributed by atoms with E-state index in [1.165, 1.54) is 0 Å². The Hall–Kier alpha value is -0.730. The van der Waals surface area contributed by atoms with Gasteiger partial charge in [-0.05, 0) is 13.8 Å². The van der Waals surface area contributed by atoms with Crippen LogP contribution >= 0.6 is 0 Å². The number of carboxylic acid groups (broad SMARTS) is 1. The summed E-state index contributed by atoms with van der Waals surface area (Å²) >= 11 is 0. The summed E-state index contributed by atoms with van der Waals surface area (Å²) in [6, 6.07) is 0. The van der Waals surface area contributed by atoms with E-state index in [2.05, 4.69) is 0 Å². The van der Waals surface area contributed by atoms with Crippen LogP contribution < -0.4 is 0 Å². The Labute approximate surface area is 126 Å². The predicted octanol–water partition coefficient (Wildman–Crippen LogP) is 0.953. The van der Waals surface area contributed by atoms with E-state index in [-0.39, 0.29) is 19.1 Å². The Balaban J connectivity index is 2.98. The zero-order chi connectivity index (χ0) is 15.8. The van der Waals surface area contributed by atoms with Crippen molar-refractivity contribution in [2.45, 2.75) is 26.4 Å². The fourth-order valence-corrected chi connectivity index (χ4v) is 1.26. The fourth-order valence-electron chi connectivity index (χ4n) is 1.26. The highest BCUT2D eigenvalue weighted by molar-refractivity contribution is 5.66. The van der Waals surface area contributed by atoms with Crippen molar-refractivity contribution in [3.05, 3.63) is 0 Å². The average molecular weight is 308 g/mol. The van der Waals surface area contributed by atoms with Crippen molar-refractivity contribution in [3.63, 3.8) is 0 Å². The van der Waals surface area contributed by atoms with Gasteiger partial charge in [0.25, 0.3) is 0 Å². The molecule has 7 nitrogen and oxygen atoms in total. The van der Waals surface area contributed by atoms with E-state index < -0.39 is 5.97 Å². The van der Waals surface area contributed by atoms with Crippen LogP contribution in [-0.4, -0.2) is 76.6 Å². The van der Waals surface area contributed by atoms with Gasteiger partial charge in [0.05, 0.1) is 72.0 Å². The van der Waals surface area contributed by atoms with E-state index in [1.807, 2.05) is 13.8 Å². The number of aliphatic carboxylic acids is 1. The van der Waals surface area contributed by atoms with E-state index in [1.54, 1.807) is 0 Å². The smallest absolute Gasteiger partial charge is 0.305 e. The highest BCUT2D eigenvalue weighted by Gasteiger charge is 1.96. The molecule has 126 valence electrons. The fraction of sp³-hybridized carbons (Fsp3) is 0.929. The maximum absolute atomic E-state index is 10.2. The van der Waals surface area contributed by atoms with Gasteiger partial charge in [-0.3, -0.25) is 4.79 Å². The second-order valence-electron chi connectivity index (χ2n) is 4.51. The summed E-state index contributed by atoms with van der Waals surface area (Å²) in [4.78, 5) is 10.2. The number of rotatable bonds is 16. The van der Waals surface area contributed by atoms with Crippen LogP contribution in [0.3, 0.4) is 0 Å². The minimum Gasteiger partial charge on any atom is -0.481 e. The molecule has 0 rings (SSSR count). The molecular formula is C14H28O7. The van der Waals surface area contributed by atoms with E-state index in [0.717, 1.165) is 0 Å². The van der Waals surface area contributed by atoms with Crippen LogP contribution in [0.5, 0.6) is 0 Å². The number of carboxylic acids is 1. The summed E-state index contributed by atoms with van der Waals surface area (Å²) in [5.41, 5.74) is 0. The van der Waals surface area contributed by atoms with Crippen molar-refractivity contribution in [1.29, 1.82) is 0 Å². The minimum atomic E-state index is -0.859. The molecule has 0 aromatic heterocycles. The van der Waals surface area contributed by atoms with Crippen LogP contribution in [0.4, 0.5) is 0 Å². The molecule has 1 N–H and O–H groups in total. The van der Waals surface area contributed by atoms with E-state index in [9.17, 15) is 4.79 Å². The maximum atomic E-state index is 10.2. The van der Waals surface area contributed by atoms with Gasteiger partial charge in [-0.25, -0.2) is 0 Å². The second-order valence-corrected chi connectivity index (χ2v) is 4.51. The third-order valence-corrected chi connectivity index (χ3v) is 2.26. The first kappa shape index (κ1) is 20.3. The Morgan fingerprint density at radius 3 is 1.52 bits per heavy atom. The largest absolute Gasteiger partial charge is 0.481 e. The predicted molar refractivity (Wildman–Crippen MR) is 76.6 cm³/mol. The molecule has 0 unspecified atom stereocenters. The summed E-state index contributed by atoms with van der Waals surface area (Å²) in [5.74, 6) is -0.859. The highest BCUT2D eigenvalue weighted by atomic mass is 16.6. The van der Waals surface area contributed by atoms with Gasteiger partial charge in [-0.2, -0.15) is 0 Å². The van der Waals surface area contributed by atoms with Gasteiger partial charge in [-0.15, -0.1) is 0 Å². The Morgan fingerprint density at radius 1 is 0.762 bits per heavy atom. The first-order valence-electron chi connectivity index (χ1n) is 7.27. The summed E-state index contributed by atoms with van der Waals surface area (Å²) in [6.07, 6.45) is 0.251.